The van der Waals surface area contributed by atoms with Crippen LogP contribution in [0.5, 0.6) is 5.75 Å². The lowest BCUT2D eigenvalue weighted by molar-refractivity contribution is -0.127. The Kier molecular flexibility index (Phi) is 4.09. The van der Waals surface area contributed by atoms with Crippen molar-refractivity contribution < 1.29 is 14.1 Å². The number of nitrogens with one attached hydrogen (secondary N) is 1. The third-order valence-electron chi connectivity index (χ3n) is 4.01. The molecule has 0 bridgehead atoms. The predicted molar refractivity (Wildman–Crippen MR) is 79.4 cm³/mol. The zero-order valence-corrected chi connectivity index (χ0v) is 12.7. The Hall–Kier alpha value is -2.37. The van der Waals surface area contributed by atoms with Crippen LogP contribution < -0.4 is 10.1 Å². The number of benzene rings is 1. The molecular formula is C16H19N3O3. The third-order valence-corrected chi connectivity index (χ3v) is 4.01. The van der Waals surface area contributed by atoms with Crippen LogP contribution in [0.15, 0.2) is 28.8 Å². The van der Waals surface area contributed by atoms with Gasteiger partial charge in [0, 0.05) is 18.4 Å². The standard InChI is InChI=1S/C16H19N3O3/c1-10-17-15(19-22-10)14(18-16(20)11-6-5-7-11)12-8-3-4-9-13(12)21-2/h3-4,8-9,11,14H,5-7H2,1-2H3,(H,18,20)/t14-/m0/s1. The van der Waals surface area contributed by atoms with Crippen molar-refractivity contribution in [2.24, 2.45) is 5.92 Å². The van der Waals surface area contributed by atoms with Gasteiger partial charge in [-0.2, -0.15) is 4.98 Å². The van der Waals surface area contributed by atoms with Gasteiger partial charge in [0.15, 0.2) is 5.82 Å². The van der Waals surface area contributed by atoms with Crippen LogP contribution in [0, 0.1) is 12.8 Å². The number of rotatable bonds is 5. The van der Waals surface area contributed by atoms with Gasteiger partial charge in [0.05, 0.1) is 7.11 Å². The quantitative estimate of drug-likeness (QED) is 0.917. The van der Waals surface area contributed by atoms with Gasteiger partial charge in [-0.1, -0.05) is 29.8 Å². The van der Waals surface area contributed by atoms with Gasteiger partial charge in [-0.05, 0) is 18.9 Å². The summed E-state index contributed by atoms with van der Waals surface area (Å²) in [7, 11) is 1.60. The van der Waals surface area contributed by atoms with Crippen LogP contribution in [0.3, 0.4) is 0 Å². The Labute approximate surface area is 128 Å². The van der Waals surface area contributed by atoms with Crippen molar-refractivity contribution in [2.45, 2.75) is 32.2 Å². The molecule has 1 aliphatic carbocycles. The zero-order chi connectivity index (χ0) is 15.5. The number of ether oxygens (including phenoxy) is 1. The van der Waals surface area contributed by atoms with E-state index in [1.54, 1.807) is 14.0 Å². The first kappa shape index (κ1) is 14.6. The molecule has 22 heavy (non-hydrogen) atoms. The molecule has 1 fully saturated rings. The molecule has 2 aromatic rings. The normalized spacial score (nSPS) is 15.9. The number of para-hydroxylation sites is 1. The summed E-state index contributed by atoms with van der Waals surface area (Å²) in [6.45, 7) is 1.73. The lowest BCUT2D eigenvalue weighted by atomic mass is 9.84. The molecule has 1 heterocycles. The highest BCUT2D eigenvalue weighted by Crippen LogP contribution is 2.31. The number of methoxy groups -OCH3 is 1. The van der Waals surface area contributed by atoms with Crippen LogP contribution in [-0.2, 0) is 4.79 Å². The van der Waals surface area contributed by atoms with E-state index in [2.05, 4.69) is 15.5 Å². The van der Waals surface area contributed by atoms with Crippen LogP contribution in [0.2, 0.25) is 0 Å². The van der Waals surface area contributed by atoms with E-state index in [0.29, 0.717) is 17.5 Å². The van der Waals surface area contributed by atoms with Crippen molar-refractivity contribution in [3.63, 3.8) is 0 Å². The van der Waals surface area contributed by atoms with Gasteiger partial charge in [-0.15, -0.1) is 0 Å². The fourth-order valence-corrected chi connectivity index (χ4v) is 2.55. The van der Waals surface area contributed by atoms with E-state index >= 15 is 0 Å². The lowest BCUT2D eigenvalue weighted by Gasteiger charge is -2.27. The Balaban J connectivity index is 1.93. The summed E-state index contributed by atoms with van der Waals surface area (Å²) in [5.41, 5.74) is 0.818. The number of amides is 1. The maximum absolute atomic E-state index is 12.4. The first-order valence-corrected chi connectivity index (χ1v) is 7.42. The van der Waals surface area contributed by atoms with Crippen molar-refractivity contribution in [1.82, 2.24) is 15.5 Å². The summed E-state index contributed by atoms with van der Waals surface area (Å²) >= 11 is 0. The average Bonchev–Trinajstić information content (AvgIpc) is 2.89. The molecule has 1 aromatic heterocycles. The lowest BCUT2D eigenvalue weighted by Crippen LogP contribution is -2.37. The minimum absolute atomic E-state index is 0.0320. The fraction of sp³-hybridized carbons (Fsp3) is 0.438. The Morgan fingerprint density at radius 3 is 2.77 bits per heavy atom. The van der Waals surface area contributed by atoms with Crippen molar-refractivity contribution in [3.8, 4) is 5.75 Å². The van der Waals surface area contributed by atoms with Crippen LogP contribution >= 0.6 is 0 Å². The summed E-state index contributed by atoms with van der Waals surface area (Å²) < 4.78 is 10.5. The fourth-order valence-electron chi connectivity index (χ4n) is 2.55. The zero-order valence-electron chi connectivity index (χ0n) is 12.7. The molecule has 1 aromatic carbocycles. The molecule has 0 spiro atoms. The van der Waals surface area contributed by atoms with Crippen molar-refractivity contribution in [1.29, 1.82) is 0 Å². The molecule has 1 saturated carbocycles. The topological polar surface area (TPSA) is 77.2 Å². The molecule has 0 saturated heterocycles. The summed E-state index contributed by atoms with van der Waals surface area (Å²) in [5.74, 6) is 1.71. The van der Waals surface area contributed by atoms with Crippen LogP contribution in [-0.4, -0.2) is 23.2 Å². The van der Waals surface area contributed by atoms with Gasteiger partial charge in [0.25, 0.3) is 0 Å². The summed E-state index contributed by atoms with van der Waals surface area (Å²) in [6.07, 6.45) is 2.99. The molecule has 1 amide bonds. The van der Waals surface area contributed by atoms with Crippen LogP contribution in [0.4, 0.5) is 0 Å². The highest BCUT2D eigenvalue weighted by molar-refractivity contribution is 5.80. The molecule has 1 atom stereocenters. The van der Waals surface area contributed by atoms with E-state index in [0.717, 1.165) is 24.8 Å². The molecule has 0 aliphatic heterocycles. The largest absolute Gasteiger partial charge is 0.496 e. The maximum Gasteiger partial charge on any atom is 0.223 e. The van der Waals surface area contributed by atoms with Crippen LogP contribution in [0.1, 0.15) is 42.6 Å². The van der Waals surface area contributed by atoms with Crippen molar-refractivity contribution in [2.75, 3.05) is 7.11 Å². The number of aryl methyl sites for hydroxylation is 1. The Bertz CT molecular complexity index is 664. The van der Waals surface area contributed by atoms with E-state index in [-0.39, 0.29) is 11.8 Å². The highest BCUT2D eigenvalue weighted by atomic mass is 16.5. The predicted octanol–water partition coefficient (Wildman–Crippen LogP) is 2.39. The van der Waals surface area contributed by atoms with Crippen molar-refractivity contribution in [3.05, 3.63) is 41.5 Å². The van der Waals surface area contributed by atoms with Crippen LogP contribution in [0.25, 0.3) is 0 Å². The van der Waals surface area contributed by atoms with E-state index < -0.39 is 6.04 Å². The number of hydrogen-bond acceptors (Lipinski definition) is 5. The molecule has 6 nitrogen and oxygen atoms in total. The molecule has 6 heteroatoms. The highest BCUT2D eigenvalue weighted by Gasteiger charge is 2.30. The van der Waals surface area contributed by atoms with E-state index in [1.165, 1.54) is 0 Å². The molecule has 1 N–H and O–H groups in total. The summed E-state index contributed by atoms with van der Waals surface area (Å²) in [4.78, 5) is 16.6. The first-order chi connectivity index (χ1) is 10.7. The SMILES string of the molecule is COc1ccccc1[C@H](NC(=O)C1CCC1)c1noc(C)n1. The maximum atomic E-state index is 12.4. The van der Waals surface area contributed by atoms with Gasteiger partial charge in [0.1, 0.15) is 11.8 Å². The third kappa shape index (κ3) is 2.81. The van der Waals surface area contributed by atoms with E-state index in [4.69, 9.17) is 9.26 Å². The monoisotopic (exact) mass is 301 g/mol. The molecule has 3 rings (SSSR count). The van der Waals surface area contributed by atoms with E-state index in [9.17, 15) is 4.79 Å². The van der Waals surface area contributed by atoms with Gasteiger partial charge >= 0.3 is 0 Å². The minimum atomic E-state index is -0.471. The number of aromatic nitrogens is 2. The number of nitrogens with zero attached hydrogens (tertiary/aromatic N) is 2. The molecule has 116 valence electrons. The average molecular weight is 301 g/mol. The second-order valence-electron chi connectivity index (χ2n) is 5.48. The Morgan fingerprint density at radius 2 is 2.18 bits per heavy atom. The second-order valence-corrected chi connectivity index (χ2v) is 5.48. The van der Waals surface area contributed by atoms with Gasteiger partial charge in [-0.3, -0.25) is 4.79 Å². The molecular weight excluding hydrogens is 282 g/mol. The molecule has 0 unspecified atom stereocenters. The summed E-state index contributed by atoms with van der Waals surface area (Å²) in [6, 6.07) is 7.06. The summed E-state index contributed by atoms with van der Waals surface area (Å²) in [5, 5.41) is 7.00. The van der Waals surface area contributed by atoms with Gasteiger partial charge in [0.2, 0.25) is 11.8 Å². The van der Waals surface area contributed by atoms with Gasteiger partial charge < -0.3 is 14.6 Å². The van der Waals surface area contributed by atoms with E-state index in [1.807, 2.05) is 24.3 Å². The number of carbonyl (C=O) groups is 1. The van der Waals surface area contributed by atoms with Gasteiger partial charge in [-0.25, -0.2) is 0 Å². The molecule has 0 radical (unpaired) electrons. The van der Waals surface area contributed by atoms with Crippen molar-refractivity contribution >= 4 is 5.91 Å². The number of carbonyl (C=O) groups excluding carboxylic acids is 1. The molecule has 1 aliphatic rings. The second kappa shape index (κ2) is 6.17. The smallest absolute Gasteiger partial charge is 0.223 e. The minimum Gasteiger partial charge on any atom is -0.496 e. The first-order valence-electron chi connectivity index (χ1n) is 7.42. The Morgan fingerprint density at radius 1 is 1.41 bits per heavy atom. The number of hydrogen-bond donors (Lipinski definition) is 1.